The summed E-state index contributed by atoms with van der Waals surface area (Å²) in [6.07, 6.45) is 1.10. The van der Waals surface area contributed by atoms with Crippen molar-refractivity contribution in [1.29, 1.82) is 0 Å². The number of methoxy groups -OCH3 is 1. The van der Waals surface area contributed by atoms with Crippen LogP contribution in [0.4, 0.5) is 10.1 Å². The van der Waals surface area contributed by atoms with E-state index in [2.05, 4.69) is 0 Å². The Morgan fingerprint density at radius 1 is 1.33 bits per heavy atom. The fraction of sp³-hybridized carbons (Fsp3) is 0.294. The number of ether oxygens (including phenoxy) is 1. The van der Waals surface area contributed by atoms with Gasteiger partial charge in [0.05, 0.1) is 23.0 Å². The van der Waals surface area contributed by atoms with Crippen LogP contribution < -0.4 is 4.74 Å². The molecule has 0 saturated carbocycles. The average molecular weight is 351 g/mol. The lowest BCUT2D eigenvalue weighted by Gasteiger charge is -2.17. The summed E-state index contributed by atoms with van der Waals surface area (Å²) in [6.45, 7) is 0.0110. The van der Waals surface area contributed by atoms with Crippen molar-refractivity contribution in [2.75, 3.05) is 13.7 Å². The molecule has 0 unspecified atom stereocenters. The molecular formula is C17H18FNO4S. The Morgan fingerprint density at radius 3 is 2.75 bits per heavy atom. The first-order valence-electron chi connectivity index (χ1n) is 7.40. The van der Waals surface area contributed by atoms with Crippen LogP contribution in [-0.2, 0) is 0 Å². The predicted molar refractivity (Wildman–Crippen MR) is 91.0 cm³/mol. The first kappa shape index (κ1) is 18.2. The molecule has 2 aromatic carbocycles. The number of benzene rings is 2. The van der Waals surface area contributed by atoms with E-state index in [0.717, 1.165) is 5.56 Å². The molecule has 2 aromatic rings. The van der Waals surface area contributed by atoms with Crippen molar-refractivity contribution in [2.24, 2.45) is 0 Å². The SMILES string of the molecule is COc1ccc(S[C@H](CCCO)c2cccc(F)c2)c([N+](=O)[O-])c1. The highest BCUT2D eigenvalue weighted by atomic mass is 32.2. The van der Waals surface area contributed by atoms with Gasteiger partial charge in [0, 0.05) is 11.9 Å². The lowest BCUT2D eigenvalue weighted by atomic mass is 10.1. The van der Waals surface area contributed by atoms with Crippen LogP contribution in [0.5, 0.6) is 5.75 Å². The molecule has 1 atom stereocenters. The number of nitro benzene ring substituents is 1. The maximum atomic E-state index is 13.5. The van der Waals surface area contributed by atoms with E-state index in [1.807, 2.05) is 0 Å². The quantitative estimate of drug-likeness (QED) is 0.435. The van der Waals surface area contributed by atoms with E-state index >= 15 is 0 Å². The van der Waals surface area contributed by atoms with Gasteiger partial charge in [-0.25, -0.2) is 4.39 Å². The number of aliphatic hydroxyl groups is 1. The standard InChI is InChI=1S/C17H18FNO4S/c1-23-14-7-8-17(15(11-14)19(21)22)24-16(6-3-9-20)12-4-2-5-13(18)10-12/h2,4-5,7-8,10-11,16,20H,3,6,9H2,1H3/t16-/m1/s1. The van der Waals surface area contributed by atoms with Crippen LogP contribution >= 0.6 is 11.8 Å². The van der Waals surface area contributed by atoms with Gasteiger partial charge >= 0.3 is 0 Å². The normalized spacial score (nSPS) is 12.0. The zero-order valence-corrected chi connectivity index (χ0v) is 14.0. The van der Waals surface area contributed by atoms with Crippen molar-refractivity contribution in [3.05, 3.63) is 64.0 Å². The van der Waals surface area contributed by atoms with Gasteiger partial charge in [-0.1, -0.05) is 12.1 Å². The van der Waals surface area contributed by atoms with Crippen LogP contribution in [0.2, 0.25) is 0 Å². The van der Waals surface area contributed by atoms with Gasteiger partial charge in [0.15, 0.2) is 0 Å². The van der Waals surface area contributed by atoms with Gasteiger partial charge in [-0.2, -0.15) is 0 Å². The lowest BCUT2D eigenvalue weighted by Crippen LogP contribution is -1.99. The molecule has 0 radical (unpaired) electrons. The smallest absolute Gasteiger partial charge is 0.286 e. The molecule has 0 amide bonds. The molecule has 0 aliphatic heterocycles. The summed E-state index contributed by atoms with van der Waals surface area (Å²) in [7, 11) is 1.45. The molecule has 0 fully saturated rings. The molecule has 128 valence electrons. The molecule has 2 rings (SSSR count). The van der Waals surface area contributed by atoms with Crippen LogP contribution in [-0.4, -0.2) is 23.7 Å². The van der Waals surface area contributed by atoms with Crippen LogP contribution in [0.3, 0.4) is 0 Å². The predicted octanol–water partition coefficient (Wildman–Crippen LogP) is 4.35. The van der Waals surface area contributed by atoms with Gasteiger partial charge in [0.1, 0.15) is 11.6 Å². The van der Waals surface area contributed by atoms with Crippen molar-refractivity contribution in [2.45, 2.75) is 23.0 Å². The molecule has 0 aliphatic carbocycles. The molecule has 24 heavy (non-hydrogen) atoms. The molecule has 0 spiro atoms. The molecule has 0 aliphatic rings. The van der Waals surface area contributed by atoms with Crippen LogP contribution in [0, 0.1) is 15.9 Å². The molecule has 0 saturated heterocycles. The first-order valence-corrected chi connectivity index (χ1v) is 8.28. The van der Waals surface area contributed by atoms with Crippen molar-refractivity contribution in [3.63, 3.8) is 0 Å². The summed E-state index contributed by atoms with van der Waals surface area (Å²) in [4.78, 5) is 11.3. The number of nitro groups is 1. The second kappa shape index (κ2) is 8.65. The largest absolute Gasteiger partial charge is 0.497 e. The van der Waals surface area contributed by atoms with Gasteiger partial charge in [0.25, 0.3) is 5.69 Å². The van der Waals surface area contributed by atoms with E-state index in [9.17, 15) is 14.5 Å². The number of nitrogens with zero attached hydrogens (tertiary/aromatic N) is 1. The van der Waals surface area contributed by atoms with E-state index in [1.165, 1.54) is 37.1 Å². The number of halogens is 1. The summed E-state index contributed by atoms with van der Waals surface area (Å²) >= 11 is 1.29. The van der Waals surface area contributed by atoms with Gasteiger partial charge < -0.3 is 9.84 Å². The number of hydrogen-bond acceptors (Lipinski definition) is 5. The third kappa shape index (κ3) is 4.69. The minimum absolute atomic E-state index is 0.0110. The Morgan fingerprint density at radius 2 is 2.12 bits per heavy atom. The van der Waals surface area contributed by atoms with Crippen LogP contribution in [0.1, 0.15) is 23.7 Å². The summed E-state index contributed by atoms with van der Waals surface area (Å²) in [5.41, 5.74) is 0.684. The molecule has 0 bridgehead atoms. The number of rotatable bonds is 8. The van der Waals surface area contributed by atoms with E-state index in [-0.39, 0.29) is 23.4 Å². The van der Waals surface area contributed by atoms with E-state index in [4.69, 9.17) is 9.84 Å². The van der Waals surface area contributed by atoms with Gasteiger partial charge in [-0.15, -0.1) is 11.8 Å². The minimum Gasteiger partial charge on any atom is -0.497 e. The maximum absolute atomic E-state index is 13.5. The summed E-state index contributed by atoms with van der Waals surface area (Å²) in [5.74, 6) is 0.0510. The minimum atomic E-state index is -0.459. The van der Waals surface area contributed by atoms with E-state index in [1.54, 1.807) is 24.3 Å². The Balaban J connectivity index is 2.34. The van der Waals surface area contributed by atoms with Crippen molar-refractivity contribution >= 4 is 17.4 Å². The lowest BCUT2D eigenvalue weighted by molar-refractivity contribution is -0.387. The van der Waals surface area contributed by atoms with E-state index < -0.39 is 4.92 Å². The van der Waals surface area contributed by atoms with Gasteiger partial charge in [-0.05, 0) is 42.7 Å². The summed E-state index contributed by atoms with van der Waals surface area (Å²) in [6, 6.07) is 10.8. The highest BCUT2D eigenvalue weighted by Crippen LogP contribution is 2.43. The second-order valence-corrected chi connectivity index (χ2v) is 6.36. The zero-order chi connectivity index (χ0) is 17.5. The first-order chi connectivity index (χ1) is 11.5. The topological polar surface area (TPSA) is 72.6 Å². The van der Waals surface area contributed by atoms with Gasteiger partial charge in [-0.3, -0.25) is 10.1 Å². The third-order valence-corrected chi connectivity index (χ3v) is 4.87. The Labute approximate surface area is 143 Å². The fourth-order valence-corrected chi connectivity index (χ4v) is 3.57. The molecule has 7 heteroatoms. The second-order valence-electron chi connectivity index (χ2n) is 5.12. The van der Waals surface area contributed by atoms with Crippen LogP contribution in [0.15, 0.2) is 47.4 Å². The highest BCUT2D eigenvalue weighted by Gasteiger charge is 2.21. The number of hydrogen-bond donors (Lipinski definition) is 1. The monoisotopic (exact) mass is 351 g/mol. The van der Waals surface area contributed by atoms with E-state index in [0.29, 0.717) is 23.5 Å². The highest BCUT2D eigenvalue weighted by molar-refractivity contribution is 7.99. The zero-order valence-electron chi connectivity index (χ0n) is 13.1. The summed E-state index contributed by atoms with van der Waals surface area (Å²) in [5, 5.41) is 20.2. The van der Waals surface area contributed by atoms with Crippen molar-refractivity contribution in [3.8, 4) is 5.75 Å². The average Bonchev–Trinajstić information content (AvgIpc) is 2.58. The maximum Gasteiger partial charge on any atom is 0.286 e. The van der Waals surface area contributed by atoms with Gasteiger partial charge in [0.2, 0.25) is 0 Å². The Hall–Kier alpha value is -2.12. The molecular weight excluding hydrogens is 333 g/mol. The Kier molecular flexibility index (Phi) is 6.57. The molecule has 1 N–H and O–H groups in total. The Bertz CT molecular complexity index is 711. The van der Waals surface area contributed by atoms with Crippen LogP contribution in [0.25, 0.3) is 0 Å². The third-order valence-electron chi connectivity index (χ3n) is 3.48. The van der Waals surface area contributed by atoms with Crippen molar-refractivity contribution in [1.82, 2.24) is 0 Å². The fourth-order valence-electron chi connectivity index (χ4n) is 2.30. The number of thioether (sulfide) groups is 1. The molecule has 5 nitrogen and oxygen atoms in total. The van der Waals surface area contributed by atoms with Crippen molar-refractivity contribution < 1.29 is 19.2 Å². The molecule has 0 heterocycles. The number of aliphatic hydroxyl groups excluding tert-OH is 1. The molecule has 0 aromatic heterocycles. The summed E-state index contributed by atoms with van der Waals surface area (Å²) < 4.78 is 18.5.